The monoisotopic (exact) mass is 282 g/mol. The summed E-state index contributed by atoms with van der Waals surface area (Å²) in [6, 6.07) is 5.46. The molecule has 4 nitrogen and oxygen atoms in total. The second-order valence-corrected chi connectivity index (χ2v) is 4.56. The third kappa shape index (κ3) is 2.51. The van der Waals surface area contributed by atoms with Crippen LogP contribution in [0.3, 0.4) is 0 Å². The highest BCUT2D eigenvalue weighted by molar-refractivity contribution is 6.33. The molecule has 0 aliphatic rings. The van der Waals surface area contributed by atoms with Crippen LogP contribution in [0, 0.1) is 5.82 Å². The van der Waals surface area contributed by atoms with E-state index < -0.39 is 5.82 Å². The van der Waals surface area contributed by atoms with Gasteiger partial charge in [-0.25, -0.2) is 4.39 Å². The van der Waals surface area contributed by atoms with Gasteiger partial charge < -0.3 is 21.7 Å². The average molecular weight is 283 g/mol. The van der Waals surface area contributed by atoms with Crippen LogP contribution in [0.5, 0.6) is 11.5 Å². The highest BCUT2D eigenvalue weighted by atomic mass is 35.5. The minimum Gasteiger partial charge on any atom is -0.508 e. The number of anilines is 2. The van der Waals surface area contributed by atoms with Crippen LogP contribution in [0.2, 0.25) is 5.02 Å². The van der Waals surface area contributed by atoms with Gasteiger partial charge in [0.15, 0.2) is 5.82 Å². The lowest BCUT2D eigenvalue weighted by Gasteiger charge is -2.10. The second-order valence-electron chi connectivity index (χ2n) is 4.15. The molecule has 0 spiro atoms. The van der Waals surface area contributed by atoms with Crippen LogP contribution in [0.25, 0.3) is 0 Å². The lowest BCUT2D eigenvalue weighted by molar-refractivity contribution is 0.468. The van der Waals surface area contributed by atoms with Gasteiger partial charge in [0.05, 0.1) is 10.7 Å². The smallest absolute Gasteiger partial charge is 0.153 e. The summed E-state index contributed by atoms with van der Waals surface area (Å²) < 4.78 is 13.8. The van der Waals surface area contributed by atoms with E-state index in [1.165, 1.54) is 24.3 Å². The van der Waals surface area contributed by atoms with Crippen molar-refractivity contribution in [2.24, 2.45) is 0 Å². The number of hydrogen-bond donors (Lipinski definition) is 4. The van der Waals surface area contributed by atoms with Crippen LogP contribution in [0.1, 0.15) is 11.1 Å². The van der Waals surface area contributed by atoms with Gasteiger partial charge in [0, 0.05) is 18.1 Å². The quantitative estimate of drug-likeness (QED) is 0.387. The molecule has 0 fully saturated rings. The number of halogens is 2. The first-order valence-electron chi connectivity index (χ1n) is 5.43. The molecule has 19 heavy (non-hydrogen) atoms. The number of nitrogen functional groups attached to an aromatic ring is 2. The fraction of sp³-hybridized carbons (Fsp3) is 0.0769. The molecule has 0 radical (unpaired) electrons. The fourth-order valence-electron chi connectivity index (χ4n) is 1.74. The van der Waals surface area contributed by atoms with Crippen molar-refractivity contribution in [2.45, 2.75) is 6.42 Å². The predicted molar refractivity (Wildman–Crippen MR) is 72.8 cm³/mol. The van der Waals surface area contributed by atoms with Crippen molar-refractivity contribution >= 4 is 23.0 Å². The van der Waals surface area contributed by atoms with E-state index in [0.717, 1.165) is 0 Å². The molecular formula is C13H12ClFN2O2. The van der Waals surface area contributed by atoms with E-state index in [1.54, 1.807) is 0 Å². The minimum absolute atomic E-state index is 0.0785. The Balaban J connectivity index is 2.42. The van der Waals surface area contributed by atoms with E-state index in [-0.39, 0.29) is 34.2 Å². The Morgan fingerprint density at radius 1 is 1.05 bits per heavy atom. The predicted octanol–water partition coefficient (Wildman–Crippen LogP) is 2.65. The molecule has 2 rings (SSSR count). The van der Waals surface area contributed by atoms with Gasteiger partial charge in [-0.1, -0.05) is 17.7 Å². The third-order valence-corrected chi connectivity index (χ3v) is 3.14. The zero-order valence-corrected chi connectivity index (χ0v) is 10.6. The highest BCUT2D eigenvalue weighted by Crippen LogP contribution is 2.32. The van der Waals surface area contributed by atoms with Gasteiger partial charge >= 0.3 is 0 Å². The lowest BCUT2D eigenvalue weighted by Crippen LogP contribution is -1.99. The maximum atomic E-state index is 13.8. The topological polar surface area (TPSA) is 92.5 Å². The summed E-state index contributed by atoms with van der Waals surface area (Å²) in [7, 11) is 0. The first-order valence-corrected chi connectivity index (χ1v) is 5.80. The maximum absolute atomic E-state index is 13.8. The van der Waals surface area contributed by atoms with Crippen molar-refractivity contribution in [2.75, 3.05) is 11.5 Å². The van der Waals surface area contributed by atoms with E-state index in [4.69, 9.17) is 23.1 Å². The molecule has 2 aromatic rings. The molecule has 0 heterocycles. The number of nitrogens with two attached hydrogens (primary N) is 2. The second kappa shape index (κ2) is 4.85. The van der Waals surface area contributed by atoms with E-state index >= 15 is 0 Å². The normalized spacial score (nSPS) is 10.6. The Kier molecular flexibility index (Phi) is 3.40. The van der Waals surface area contributed by atoms with Gasteiger partial charge in [-0.3, -0.25) is 0 Å². The van der Waals surface area contributed by atoms with Crippen molar-refractivity contribution < 1.29 is 14.6 Å². The van der Waals surface area contributed by atoms with Gasteiger partial charge in [-0.2, -0.15) is 0 Å². The van der Waals surface area contributed by atoms with Gasteiger partial charge in [0.1, 0.15) is 17.2 Å². The van der Waals surface area contributed by atoms with Crippen molar-refractivity contribution in [3.05, 3.63) is 46.2 Å². The van der Waals surface area contributed by atoms with Gasteiger partial charge in [-0.15, -0.1) is 0 Å². The van der Waals surface area contributed by atoms with Crippen molar-refractivity contribution in [1.29, 1.82) is 0 Å². The highest BCUT2D eigenvalue weighted by Gasteiger charge is 2.13. The number of benzene rings is 2. The van der Waals surface area contributed by atoms with Gasteiger partial charge in [0.25, 0.3) is 0 Å². The van der Waals surface area contributed by atoms with E-state index in [1.807, 2.05) is 0 Å². The fourth-order valence-corrected chi connectivity index (χ4v) is 1.90. The Labute approximate surface area is 114 Å². The maximum Gasteiger partial charge on any atom is 0.153 e. The van der Waals surface area contributed by atoms with E-state index in [0.29, 0.717) is 11.3 Å². The molecule has 6 heteroatoms. The Bertz CT molecular complexity index is 647. The molecule has 100 valence electrons. The summed E-state index contributed by atoms with van der Waals surface area (Å²) in [4.78, 5) is 0. The SMILES string of the molecule is Nc1cc(Cc2ccc(O)c(N)c2F)c(O)cc1Cl. The van der Waals surface area contributed by atoms with Crippen molar-refractivity contribution in [1.82, 2.24) is 0 Å². The van der Waals surface area contributed by atoms with Crippen LogP contribution in [0.4, 0.5) is 15.8 Å². The first kappa shape index (κ1) is 13.3. The molecule has 0 amide bonds. The molecule has 0 saturated carbocycles. The van der Waals surface area contributed by atoms with Gasteiger partial charge in [-0.05, 0) is 17.7 Å². The molecule has 0 aliphatic carbocycles. The van der Waals surface area contributed by atoms with Crippen LogP contribution in [-0.2, 0) is 6.42 Å². The third-order valence-electron chi connectivity index (χ3n) is 2.82. The van der Waals surface area contributed by atoms with Crippen molar-refractivity contribution in [3.63, 3.8) is 0 Å². The summed E-state index contributed by atoms with van der Waals surface area (Å²) in [5, 5.41) is 19.3. The molecule has 0 bridgehead atoms. The molecule has 0 atom stereocenters. The zero-order chi connectivity index (χ0) is 14.2. The summed E-state index contributed by atoms with van der Waals surface area (Å²) in [5.41, 5.74) is 11.7. The van der Waals surface area contributed by atoms with Crippen molar-refractivity contribution in [3.8, 4) is 11.5 Å². The average Bonchev–Trinajstić information content (AvgIpc) is 2.36. The molecular weight excluding hydrogens is 271 g/mol. The first-order chi connectivity index (χ1) is 8.90. The molecule has 0 saturated heterocycles. The largest absolute Gasteiger partial charge is 0.508 e. The number of hydrogen-bond acceptors (Lipinski definition) is 4. The minimum atomic E-state index is -0.715. The lowest BCUT2D eigenvalue weighted by atomic mass is 10.0. The summed E-state index contributed by atoms with van der Waals surface area (Å²) >= 11 is 5.75. The van der Waals surface area contributed by atoms with E-state index in [9.17, 15) is 14.6 Å². The van der Waals surface area contributed by atoms with Crippen LogP contribution >= 0.6 is 11.6 Å². The molecule has 0 aliphatic heterocycles. The number of phenolic OH excluding ortho intramolecular Hbond substituents is 2. The molecule has 0 aromatic heterocycles. The Morgan fingerprint density at radius 3 is 2.42 bits per heavy atom. The Hall–Kier alpha value is -2.14. The summed E-state index contributed by atoms with van der Waals surface area (Å²) in [6.07, 6.45) is 0.0868. The number of rotatable bonds is 2. The molecule has 0 unspecified atom stereocenters. The van der Waals surface area contributed by atoms with Crippen LogP contribution in [-0.4, -0.2) is 10.2 Å². The number of aromatic hydroxyl groups is 2. The summed E-state index contributed by atoms with van der Waals surface area (Å²) in [5.74, 6) is -1.11. The summed E-state index contributed by atoms with van der Waals surface area (Å²) in [6.45, 7) is 0. The number of phenols is 2. The van der Waals surface area contributed by atoms with Crippen LogP contribution < -0.4 is 11.5 Å². The Morgan fingerprint density at radius 2 is 1.74 bits per heavy atom. The van der Waals surface area contributed by atoms with Gasteiger partial charge in [0.2, 0.25) is 0 Å². The molecule has 6 N–H and O–H groups in total. The molecule has 2 aromatic carbocycles. The zero-order valence-electron chi connectivity index (χ0n) is 9.82. The van der Waals surface area contributed by atoms with E-state index in [2.05, 4.69) is 0 Å². The van der Waals surface area contributed by atoms with Crippen LogP contribution in [0.15, 0.2) is 24.3 Å². The standard InChI is InChI=1S/C13H12ClFN2O2/c14-8-5-11(19)7(4-9(8)16)3-6-1-2-10(18)13(17)12(6)15/h1-2,4-5,18-19H,3,16-17H2.